The minimum atomic E-state index is 0.656. The lowest BCUT2D eigenvalue weighted by molar-refractivity contribution is 0.415. The van der Waals surface area contributed by atoms with E-state index in [-0.39, 0.29) is 0 Å². The standard InChI is InChI=1S/C19H20N6O2/c1-24-18(9-15(23-24)12-6-5-7-13(8-12)26-3)21-17-10-16(27-4)14-11-20-25(2)19(14)22-17/h5-11H,1-4H3,(H,21,22). The fraction of sp³-hybridized carbons (Fsp3) is 0.211. The summed E-state index contributed by atoms with van der Waals surface area (Å²) in [5, 5.41) is 13.0. The number of aromatic nitrogens is 5. The summed E-state index contributed by atoms with van der Waals surface area (Å²) in [6, 6.07) is 11.6. The number of nitrogens with zero attached hydrogens (tertiary/aromatic N) is 5. The van der Waals surface area contributed by atoms with Gasteiger partial charge in [0.2, 0.25) is 0 Å². The number of hydrogen-bond acceptors (Lipinski definition) is 6. The largest absolute Gasteiger partial charge is 0.497 e. The molecule has 0 radical (unpaired) electrons. The van der Waals surface area contributed by atoms with Crippen molar-refractivity contribution in [1.29, 1.82) is 0 Å². The van der Waals surface area contributed by atoms with Crippen LogP contribution in [0.15, 0.2) is 42.6 Å². The van der Waals surface area contributed by atoms with Gasteiger partial charge in [0, 0.05) is 31.8 Å². The molecule has 0 aliphatic rings. The Morgan fingerprint density at radius 1 is 1.00 bits per heavy atom. The second kappa shape index (κ2) is 6.64. The Kier molecular flexibility index (Phi) is 4.15. The number of hydrogen-bond donors (Lipinski definition) is 1. The van der Waals surface area contributed by atoms with Crippen molar-refractivity contribution in [3.05, 3.63) is 42.6 Å². The molecule has 8 nitrogen and oxygen atoms in total. The van der Waals surface area contributed by atoms with Crippen LogP contribution in [0.3, 0.4) is 0 Å². The number of pyridine rings is 1. The van der Waals surface area contributed by atoms with E-state index in [9.17, 15) is 0 Å². The summed E-state index contributed by atoms with van der Waals surface area (Å²) < 4.78 is 14.3. The molecule has 0 saturated heterocycles. The Balaban J connectivity index is 1.70. The van der Waals surface area contributed by atoms with Crippen molar-refractivity contribution in [2.75, 3.05) is 19.5 Å². The average Bonchev–Trinajstić information content (AvgIpc) is 3.24. The van der Waals surface area contributed by atoms with Crippen molar-refractivity contribution in [1.82, 2.24) is 24.5 Å². The molecule has 0 saturated carbocycles. The van der Waals surface area contributed by atoms with Crippen molar-refractivity contribution in [2.45, 2.75) is 0 Å². The third kappa shape index (κ3) is 3.05. The Morgan fingerprint density at radius 3 is 2.63 bits per heavy atom. The summed E-state index contributed by atoms with van der Waals surface area (Å²) in [6.45, 7) is 0. The Labute approximate surface area is 156 Å². The fourth-order valence-electron chi connectivity index (χ4n) is 2.96. The van der Waals surface area contributed by atoms with Crippen LogP contribution in [0.5, 0.6) is 11.5 Å². The van der Waals surface area contributed by atoms with E-state index in [1.165, 1.54) is 0 Å². The first-order chi connectivity index (χ1) is 13.1. The lowest BCUT2D eigenvalue weighted by Gasteiger charge is -2.08. The summed E-state index contributed by atoms with van der Waals surface area (Å²) in [5.41, 5.74) is 2.56. The van der Waals surface area contributed by atoms with Gasteiger partial charge in [0.15, 0.2) is 5.65 Å². The summed E-state index contributed by atoms with van der Waals surface area (Å²) in [4.78, 5) is 4.64. The maximum absolute atomic E-state index is 5.48. The zero-order valence-electron chi connectivity index (χ0n) is 15.6. The molecule has 3 aromatic heterocycles. The predicted molar refractivity (Wildman–Crippen MR) is 104 cm³/mol. The predicted octanol–water partition coefficient (Wildman–Crippen LogP) is 3.13. The average molecular weight is 364 g/mol. The number of aryl methyl sites for hydroxylation is 2. The van der Waals surface area contributed by atoms with Gasteiger partial charge in [-0.3, -0.25) is 9.36 Å². The summed E-state index contributed by atoms with van der Waals surface area (Å²) >= 11 is 0. The Morgan fingerprint density at radius 2 is 1.85 bits per heavy atom. The first kappa shape index (κ1) is 16.9. The molecule has 0 unspecified atom stereocenters. The number of anilines is 2. The van der Waals surface area contributed by atoms with Crippen molar-refractivity contribution in [2.24, 2.45) is 14.1 Å². The molecule has 0 aliphatic carbocycles. The smallest absolute Gasteiger partial charge is 0.163 e. The number of rotatable bonds is 5. The third-order valence-corrected chi connectivity index (χ3v) is 4.39. The molecule has 27 heavy (non-hydrogen) atoms. The van der Waals surface area contributed by atoms with Crippen LogP contribution in [0.4, 0.5) is 11.6 Å². The van der Waals surface area contributed by atoms with Gasteiger partial charge >= 0.3 is 0 Å². The fourth-order valence-corrected chi connectivity index (χ4v) is 2.96. The van der Waals surface area contributed by atoms with Crippen molar-refractivity contribution >= 4 is 22.7 Å². The zero-order valence-corrected chi connectivity index (χ0v) is 15.6. The summed E-state index contributed by atoms with van der Waals surface area (Å²) in [6.07, 6.45) is 1.75. The first-order valence-electron chi connectivity index (χ1n) is 8.41. The molecule has 0 aliphatic heterocycles. The molecule has 0 atom stereocenters. The molecule has 3 heterocycles. The molecule has 4 aromatic rings. The van der Waals surface area contributed by atoms with Crippen LogP contribution in [0.2, 0.25) is 0 Å². The number of nitrogens with one attached hydrogen (secondary N) is 1. The molecule has 138 valence electrons. The van der Waals surface area contributed by atoms with E-state index in [2.05, 4.69) is 20.5 Å². The van der Waals surface area contributed by atoms with Gasteiger partial charge in [0.25, 0.3) is 0 Å². The van der Waals surface area contributed by atoms with Gasteiger partial charge in [-0.1, -0.05) is 12.1 Å². The number of benzene rings is 1. The number of fused-ring (bicyclic) bond motifs is 1. The molecule has 1 aromatic carbocycles. The van der Waals surface area contributed by atoms with Crippen molar-refractivity contribution in [3.63, 3.8) is 0 Å². The molecule has 0 spiro atoms. The van der Waals surface area contributed by atoms with Crippen LogP contribution in [0.25, 0.3) is 22.3 Å². The van der Waals surface area contributed by atoms with Gasteiger partial charge in [-0.25, -0.2) is 4.98 Å². The van der Waals surface area contributed by atoms with Crippen LogP contribution in [-0.2, 0) is 14.1 Å². The quantitative estimate of drug-likeness (QED) is 0.586. The van der Waals surface area contributed by atoms with Crippen molar-refractivity contribution < 1.29 is 9.47 Å². The van der Waals surface area contributed by atoms with E-state index in [0.29, 0.717) is 11.6 Å². The highest BCUT2D eigenvalue weighted by molar-refractivity contribution is 5.84. The van der Waals surface area contributed by atoms with E-state index < -0.39 is 0 Å². The van der Waals surface area contributed by atoms with E-state index >= 15 is 0 Å². The maximum Gasteiger partial charge on any atom is 0.163 e. The SMILES string of the molecule is COc1cccc(-c2cc(Nc3cc(OC)c4cnn(C)c4n3)n(C)n2)c1. The number of methoxy groups -OCH3 is 2. The Hall–Kier alpha value is -3.55. The highest BCUT2D eigenvalue weighted by Crippen LogP contribution is 2.30. The van der Waals surface area contributed by atoms with E-state index in [1.807, 2.05) is 50.5 Å². The first-order valence-corrected chi connectivity index (χ1v) is 8.41. The van der Waals surface area contributed by atoms with Crippen LogP contribution in [0, 0.1) is 0 Å². The number of ether oxygens (including phenoxy) is 2. The Bertz CT molecular complexity index is 1110. The summed E-state index contributed by atoms with van der Waals surface area (Å²) in [7, 11) is 7.02. The van der Waals surface area contributed by atoms with Crippen molar-refractivity contribution in [3.8, 4) is 22.8 Å². The van der Waals surface area contributed by atoms with Gasteiger partial charge in [0.1, 0.15) is 23.1 Å². The maximum atomic E-state index is 5.48. The molecule has 0 amide bonds. The lowest BCUT2D eigenvalue weighted by atomic mass is 10.1. The zero-order chi connectivity index (χ0) is 19.0. The monoisotopic (exact) mass is 364 g/mol. The molecule has 1 N–H and O–H groups in total. The minimum Gasteiger partial charge on any atom is -0.497 e. The molecule has 8 heteroatoms. The highest BCUT2D eigenvalue weighted by atomic mass is 16.5. The van der Waals surface area contributed by atoms with Gasteiger partial charge in [-0.15, -0.1) is 0 Å². The van der Waals surface area contributed by atoms with Gasteiger partial charge in [0.05, 0.1) is 31.5 Å². The van der Waals surface area contributed by atoms with Gasteiger partial charge in [-0.2, -0.15) is 10.2 Å². The van der Waals surface area contributed by atoms with E-state index in [0.717, 1.165) is 33.9 Å². The van der Waals surface area contributed by atoms with Crippen LogP contribution in [-0.4, -0.2) is 38.8 Å². The second-order valence-corrected chi connectivity index (χ2v) is 6.11. The molecular formula is C19H20N6O2. The van der Waals surface area contributed by atoms with Gasteiger partial charge < -0.3 is 14.8 Å². The minimum absolute atomic E-state index is 0.656. The van der Waals surface area contributed by atoms with Crippen LogP contribution in [0.1, 0.15) is 0 Å². The molecule has 0 fully saturated rings. The lowest BCUT2D eigenvalue weighted by Crippen LogP contribution is -2.02. The van der Waals surface area contributed by atoms with Gasteiger partial charge in [-0.05, 0) is 12.1 Å². The molecular weight excluding hydrogens is 344 g/mol. The summed E-state index contributed by atoms with van der Waals surface area (Å²) in [5.74, 6) is 2.97. The third-order valence-electron chi connectivity index (χ3n) is 4.39. The van der Waals surface area contributed by atoms with Crippen LogP contribution < -0.4 is 14.8 Å². The normalized spacial score (nSPS) is 11.0. The molecule has 4 rings (SSSR count). The topological polar surface area (TPSA) is 79.0 Å². The van der Waals surface area contributed by atoms with E-state index in [4.69, 9.17) is 9.47 Å². The van der Waals surface area contributed by atoms with E-state index in [1.54, 1.807) is 29.8 Å². The highest BCUT2D eigenvalue weighted by Gasteiger charge is 2.13. The second-order valence-electron chi connectivity index (χ2n) is 6.11. The van der Waals surface area contributed by atoms with Crippen LogP contribution >= 0.6 is 0 Å². The molecule has 0 bridgehead atoms.